The van der Waals surface area contributed by atoms with Crippen LogP contribution >= 0.6 is 0 Å². The number of benzene rings is 2. The number of anilines is 1. The number of hydrogen-bond acceptors (Lipinski definition) is 1. The number of urea groups is 1. The van der Waals surface area contributed by atoms with Crippen molar-refractivity contribution in [1.29, 1.82) is 0 Å². The molecule has 0 radical (unpaired) electrons. The highest BCUT2D eigenvalue weighted by molar-refractivity contribution is 5.89. The maximum absolute atomic E-state index is 13.0. The summed E-state index contributed by atoms with van der Waals surface area (Å²) in [6.07, 6.45) is 6.00. The van der Waals surface area contributed by atoms with Crippen LogP contribution in [0, 0.1) is 5.92 Å². The van der Waals surface area contributed by atoms with Crippen LogP contribution in [0.1, 0.15) is 42.9 Å². The highest BCUT2D eigenvalue weighted by atomic mass is 16.2. The van der Waals surface area contributed by atoms with Crippen LogP contribution in [0.15, 0.2) is 48.5 Å². The van der Waals surface area contributed by atoms with E-state index in [1.807, 2.05) is 29.2 Å². The van der Waals surface area contributed by atoms with Crippen LogP contribution in [-0.4, -0.2) is 17.0 Å². The maximum Gasteiger partial charge on any atom is 0.322 e. The standard InChI is InChI=1S/C22H26N2O/c1-16(18-10-11-18)24(15-17-6-3-2-4-7-17)22(25)23-21-13-12-19-8-5-9-20(19)14-21/h2-4,6-7,12-14,16,18H,5,8-11,15H2,1H3,(H,23,25). The quantitative estimate of drug-likeness (QED) is 0.819. The third-order valence-corrected chi connectivity index (χ3v) is 5.60. The molecule has 1 saturated carbocycles. The van der Waals surface area contributed by atoms with E-state index >= 15 is 0 Å². The number of nitrogens with one attached hydrogen (secondary N) is 1. The number of carbonyl (C=O) groups excluding carboxylic acids is 1. The minimum Gasteiger partial charge on any atom is -0.317 e. The fourth-order valence-electron chi connectivity index (χ4n) is 3.86. The highest BCUT2D eigenvalue weighted by Crippen LogP contribution is 2.36. The summed E-state index contributed by atoms with van der Waals surface area (Å²) >= 11 is 0. The molecule has 1 fully saturated rings. The van der Waals surface area contributed by atoms with Gasteiger partial charge in [-0.2, -0.15) is 0 Å². The van der Waals surface area contributed by atoms with Gasteiger partial charge in [0.25, 0.3) is 0 Å². The predicted octanol–water partition coefficient (Wildman–Crippen LogP) is 5.01. The Bertz CT molecular complexity index is 752. The lowest BCUT2D eigenvalue weighted by molar-refractivity contribution is 0.181. The first kappa shape index (κ1) is 16.2. The molecule has 3 heteroatoms. The van der Waals surface area contributed by atoms with Crippen LogP contribution in [0.4, 0.5) is 10.5 Å². The van der Waals surface area contributed by atoms with E-state index in [9.17, 15) is 4.79 Å². The van der Waals surface area contributed by atoms with Gasteiger partial charge in [0.2, 0.25) is 0 Å². The normalized spacial score (nSPS) is 17.0. The first-order valence-corrected chi connectivity index (χ1v) is 9.44. The number of carbonyl (C=O) groups is 1. The summed E-state index contributed by atoms with van der Waals surface area (Å²) in [5, 5.41) is 3.14. The van der Waals surface area contributed by atoms with Gasteiger partial charge in [-0.25, -0.2) is 4.79 Å². The van der Waals surface area contributed by atoms with Crippen molar-refractivity contribution in [2.75, 3.05) is 5.32 Å². The van der Waals surface area contributed by atoms with Gasteiger partial charge < -0.3 is 10.2 Å². The lowest BCUT2D eigenvalue weighted by atomic mass is 10.1. The van der Waals surface area contributed by atoms with Crippen molar-refractivity contribution in [1.82, 2.24) is 4.90 Å². The third kappa shape index (κ3) is 3.71. The molecular formula is C22H26N2O. The van der Waals surface area contributed by atoms with E-state index in [1.165, 1.54) is 42.4 Å². The van der Waals surface area contributed by atoms with E-state index in [1.54, 1.807) is 0 Å². The monoisotopic (exact) mass is 334 g/mol. The minimum absolute atomic E-state index is 0.0150. The van der Waals surface area contributed by atoms with Gasteiger partial charge in [0.05, 0.1) is 0 Å². The Morgan fingerprint density at radius 2 is 1.88 bits per heavy atom. The molecular weight excluding hydrogens is 308 g/mol. The molecule has 0 aromatic heterocycles. The summed E-state index contributed by atoms with van der Waals surface area (Å²) in [6, 6.07) is 16.9. The van der Waals surface area contributed by atoms with E-state index in [0.717, 1.165) is 12.1 Å². The van der Waals surface area contributed by atoms with Gasteiger partial charge in [0, 0.05) is 18.3 Å². The van der Waals surface area contributed by atoms with E-state index in [2.05, 4.69) is 36.5 Å². The molecule has 2 amide bonds. The van der Waals surface area contributed by atoms with Gasteiger partial charge in [-0.15, -0.1) is 0 Å². The minimum atomic E-state index is 0.0150. The molecule has 0 aliphatic heterocycles. The zero-order valence-corrected chi connectivity index (χ0v) is 14.9. The molecule has 2 aromatic rings. The largest absolute Gasteiger partial charge is 0.322 e. The average molecular weight is 334 g/mol. The smallest absolute Gasteiger partial charge is 0.317 e. The summed E-state index contributed by atoms with van der Waals surface area (Å²) in [7, 11) is 0. The van der Waals surface area contributed by atoms with Gasteiger partial charge in [-0.3, -0.25) is 0 Å². The Balaban J connectivity index is 1.50. The van der Waals surface area contributed by atoms with Crippen LogP contribution < -0.4 is 5.32 Å². The number of fused-ring (bicyclic) bond motifs is 1. The molecule has 0 bridgehead atoms. The number of amides is 2. The number of rotatable bonds is 5. The molecule has 2 aromatic carbocycles. The van der Waals surface area contributed by atoms with Crippen LogP contribution in [0.2, 0.25) is 0 Å². The Hall–Kier alpha value is -2.29. The van der Waals surface area contributed by atoms with Gasteiger partial charge in [0.15, 0.2) is 0 Å². The topological polar surface area (TPSA) is 32.3 Å². The molecule has 3 nitrogen and oxygen atoms in total. The third-order valence-electron chi connectivity index (χ3n) is 5.60. The second kappa shape index (κ2) is 6.91. The van der Waals surface area contributed by atoms with Crippen molar-refractivity contribution in [3.8, 4) is 0 Å². The van der Waals surface area contributed by atoms with Crippen molar-refractivity contribution in [2.24, 2.45) is 5.92 Å². The second-order valence-corrected chi connectivity index (χ2v) is 7.46. The summed E-state index contributed by atoms with van der Waals surface area (Å²) in [5.74, 6) is 0.648. The van der Waals surface area contributed by atoms with E-state index in [4.69, 9.17) is 0 Å². The van der Waals surface area contributed by atoms with Crippen LogP contribution in [0.25, 0.3) is 0 Å². The summed E-state index contributed by atoms with van der Waals surface area (Å²) in [4.78, 5) is 15.0. The molecule has 0 heterocycles. The van der Waals surface area contributed by atoms with Crippen LogP contribution in [-0.2, 0) is 19.4 Å². The Morgan fingerprint density at radius 1 is 1.12 bits per heavy atom. The SMILES string of the molecule is CC(C1CC1)N(Cc1ccccc1)C(=O)Nc1ccc2c(c1)CCC2. The molecule has 4 rings (SSSR count). The van der Waals surface area contributed by atoms with Crippen LogP contribution in [0.3, 0.4) is 0 Å². The van der Waals surface area contributed by atoms with E-state index in [-0.39, 0.29) is 12.1 Å². The summed E-state index contributed by atoms with van der Waals surface area (Å²) < 4.78 is 0. The van der Waals surface area contributed by atoms with Crippen molar-refractivity contribution >= 4 is 11.7 Å². The Kier molecular flexibility index (Phi) is 4.48. The maximum atomic E-state index is 13.0. The zero-order chi connectivity index (χ0) is 17.2. The summed E-state index contributed by atoms with van der Waals surface area (Å²) in [6.45, 7) is 2.85. The first-order valence-electron chi connectivity index (χ1n) is 9.44. The van der Waals surface area contributed by atoms with E-state index < -0.39 is 0 Å². The predicted molar refractivity (Wildman–Crippen MR) is 102 cm³/mol. The molecule has 0 saturated heterocycles. The summed E-state index contributed by atoms with van der Waals surface area (Å²) in [5.41, 5.74) is 4.93. The van der Waals surface area contributed by atoms with Crippen molar-refractivity contribution in [3.05, 3.63) is 65.2 Å². The second-order valence-electron chi connectivity index (χ2n) is 7.46. The average Bonchev–Trinajstić information content (AvgIpc) is 3.38. The number of aryl methyl sites for hydroxylation is 2. The molecule has 1 unspecified atom stereocenters. The Labute approximate surface area is 150 Å². The molecule has 25 heavy (non-hydrogen) atoms. The van der Waals surface area contributed by atoms with Crippen molar-refractivity contribution in [3.63, 3.8) is 0 Å². The number of nitrogens with zero attached hydrogens (tertiary/aromatic N) is 1. The van der Waals surface area contributed by atoms with Gasteiger partial charge in [0.1, 0.15) is 0 Å². The van der Waals surface area contributed by atoms with Crippen LogP contribution in [0.5, 0.6) is 0 Å². The zero-order valence-electron chi connectivity index (χ0n) is 14.9. The Morgan fingerprint density at radius 3 is 2.64 bits per heavy atom. The fraction of sp³-hybridized carbons (Fsp3) is 0.409. The molecule has 1 atom stereocenters. The number of hydrogen-bond donors (Lipinski definition) is 1. The molecule has 130 valence electrons. The van der Waals surface area contributed by atoms with Gasteiger partial charge in [-0.1, -0.05) is 36.4 Å². The van der Waals surface area contributed by atoms with Crippen molar-refractivity contribution in [2.45, 2.75) is 51.6 Å². The van der Waals surface area contributed by atoms with Gasteiger partial charge >= 0.3 is 6.03 Å². The van der Waals surface area contributed by atoms with Gasteiger partial charge in [-0.05, 0) is 73.8 Å². The first-order chi connectivity index (χ1) is 12.2. The molecule has 0 spiro atoms. The lowest BCUT2D eigenvalue weighted by Crippen LogP contribution is -2.42. The lowest BCUT2D eigenvalue weighted by Gasteiger charge is -2.30. The van der Waals surface area contributed by atoms with E-state index in [0.29, 0.717) is 12.5 Å². The molecule has 1 N–H and O–H groups in total. The fourth-order valence-corrected chi connectivity index (χ4v) is 3.86. The van der Waals surface area contributed by atoms with Crippen molar-refractivity contribution < 1.29 is 4.79 Å². The molecule has 2 aliphatic rings. The highest BCUT2D eigenvalue weighted by Gasteiger charge is 2.34. The molecule has 2 aliphatic carbocycles.